The molecule has 0 bridgehead atoms. The molecule has 0 saturated carbocycles. The lowest BCUT2D eigenvalue weighted by Gasteiger charge is -2.17. The molecule has 6 rings (SSSR count). The molecular weight excluding hydrogens is 547 g/mol. The highest BCUT2D eigenvalue weighted by atomic mass is 19.1. The van der Waals surface area contributed by atoms with Gasteiger partial charge in [-0.3, -0.25) is 14.8 Å². The first-order valence-electron chi connectivity index (χ1n) is 13.9. The van der Waals surface area contributed by atoms with Crippen molar-refractivity contribution >= 4 is 33.7 Å². The number of H-pyrrole nitrogens is 1. The second kappa shape index (κ2) is 11.0. The van der Waals surface area contributed by atoms with Crippen molar-refractivity contribution < 1.29 is 13.9 Å². The lowest BCUT2D eigenvalue weighted by Crippen LogP contribution is -2.27. The van der Waals surface area contributed by atoms with Gasteiger partial charge in [-0.05, 0) is 36.2 Å². The number of benzene rings is 1. The van der Waals surface area contributed by atoms with Gasteiger partial charge in [0, 0.05) is 47.8 Å². The smallest absolute Gasteiger partial charge is 0.229 e. The number of anilines is 1. The fourth-order valence-corrected chi connectivity index (χ4v) is 4.89. The molecule has 0 aliphatic carbocycles. The number of carbonyl (C=O) groups is 1. The topological polar surface area (TPSA) is 124 Å². The van der Waals surface area contributed by atoms with Crippen molar-refractivity contribution in [1.29, 1.82) is 0 Å². The third-order valence-corrected chi connectivity index (χ3v) is 7.21. The molecule has 11 heteroatoms. The van der Waals surface area contributed by atoms with E-state index in [1.165, 1.54) is 12.1 Å². The van der Waals surface area contributed by atoms with Crippen LogP contribution in [0.15, 0.2) is 67.4 Å². The van der Waals surface area contributed by atoms with E-state index < -0.39 is 5.41 Å². The van der Waals surface area contributed by atoms with Crippen molar-refractivity contribution in [1.82, 2.24) is 34.7 Å². The second-order valence-corrected chi connectivity index (χ2v) is 11.3. The van der Waals surface area contributed by atoms with E-state index >= 15 is 0 Å². The summed E-state index contributed by atoms with van der Waals surface area (Å²) in [6, 6.07) is 10.2. The Labute approximate surface area is 247 Å². The molecule has 218 valence electrons. The van der Waals surface area contributed by atoms with Crippen LogP contribution in [0.4, 0.5) is 10.1 Å². The van der Waals surface area contributed by atoms with Gasteiger partial charge in [0.15, 0.2) is 17.7 Å². The maximum atomic E-state index is 14.1. The molecule has 5 aromatic heterocycles. The van der Waals surface area contributed by atoms with E-state index in [1.807, 2.05) is 45.9 Å². The number of aromatic nitrogens is 7. The zero-order valence-corrected chi connectivity index (χ0v) is 24.5. The van der Waals surface area contributed by atoms with Crippen LogP contribution < -0.4 is 5.32 Å². The number of nitrogens with one attached hydrogen (secondary N) is 2. The molecule has 1 amide bonds. The van der Waals surface area contributed by atoms with Crippen molar-refractivity contribution in [3.8, 4) is 33.8 Å². The number of pyridine rings is 3. The number of fused-ring (bicyclic) bond motifs is 2. The van der Waals surface area contributed by atoms with E-state index in [2.05, 4.69) is 20.3 Å². The highest BCUT2D eigenvalue weighted by Crippen LogP contribution is 2.35. The number of hydrogen-bond acceptors (Lipinski definition) is 7. The van der Waals surface area contributed by atoms with Crippen molar-refractivity contribution in [2.45, 2.75) is 40.3 Å². The summed E-state index contributed by atoms with van der Waals surface area (Å²) in [7, 11) is 1.64. The summed E-state index contributed by atoms with van der Waals surface area (Å²) >= 11 is 0. The molecule has 43 heavy (non-hydrogen) atoms. The van der Waals surface area contributed by atoms with Crippen LogP contribution in [0.25, 0.3) is 55.8 Å². The van der Waals surface area contributed by atoms with Crippen molar-refractivity contribution in [3.63, 3.8) is 0 Å². The van der Waals surface area contributed by atoms with Gasteiger partial charge in [0.25, 0.3) is 0 Å². The molecule has 2 N–H and O–H groups in total. The lowest BCUT2D eigenvalue weighted by atomic mass is 9.95. The number of methoxy groups -OCH3 is 1. The van der Waals surface area contributed by atoms with Crippen LogP contribution >= 0.6 is 0 Å². The van der Waals surface area contributed by atoms with Crippen LogP contribution in [0.3, 0.4) is 0 Å². The second-order valence-electron chi connectivity index (χ2n) is 11.3. The van der Waals surface area contributed by atoms with E-state index in [4.69, 9.17) is 19.8 Å². The number of halogens is 1. The number of rotatable bonds is 7. The van der Waals surface area contributed by atoms with Gasteiger partial charge in [0.05, 0.1) is 34.5 Å². The Bertz CT molecular complexity index is 1970. The van der Waals surface area contributed by atoms with E-state index in [1.54, 1.807) is 48.8 Å². The fourth-order valence-electron chi connectivity index (χ4n) is 4.89. The van der Waals surface area contributed by atoms with Crippen LogP contribution in [0.2, 0.25) is 0 Å². The van der Waals surface area contributed by atoms with Crippen molar-refractivity contribution in [3.05, 3.63) is 73.2 Å². The maximum absolute atomic E-state index is 14.1. The molecule has 0 spiro atoms. The SMILES string of the molecule is CCC(OC)n1nc(-c2nc3c(-c4cccc(F)c4)cncc3[nH]2)c2cc(-c3cncc(NC(=O)C(C)(C)C)c3)cnc21. The number of amides is 1. The van der Waals surface area contributed by atoms with Gasteiger partial charge >= 0.3 is 0 Å². The first kappa shape index (κ1) is 28.1. The number of nitrogens with zero attached hydrogens (tertiary/aromatic N) is 6. The highest BCUT2D eigenvalue weighted by molar-refractivity contribution is 5.98. The van der Waals surface area contributed by atoms with Gasteiger partial charge < -0.3 is 15.0 Å². The molecular formula is C32H31FN8O2. The molecule has 0 aliphatic rings. The molecule has 1 unspecified atom stereocenters. The first-order chi connectivity index (χ1) is 20.7. The van der Waals surface area contributed by atoms with Crippen LogP contribution in [0.1, 0.15) is 40.3 Å². The van der Waals surface area contributed by atoms with E-state index in [-0.39, 0.29) is 18.0 Å². The summed E-state index contributed by atoms with van der Waals surface area (Å²) < 4.78 is 21.5. The van der Waals surface area contributed by atoms with Gasteiger partial charge in [-0.15, -0.1) is 0 Å². The summed E-state index contributed by atoms with van der Waals surface area (Å²) in [5, 5.41) is 8.60. The van der Waals surface area contributed by atoms with Crippen LogP contribution in [-0.2, 0) is 9.53 Å². The number of imidazole rings is 1. The predicted molar refractivity (Wildman–Crippen MR) is 163 cm³/mol. The Kier molecular flexibility index (Phi) is 7.18. The zero-order chi connectivity index (χ0) is 30.3. The zero-order valence-electron chi connectivity index (χ0n) is 24.5. The minimum atomic E-state index is -0.548. The summed E-state index contributed by atoms with van der Waals surface area (Å²) in [4.78, 5) is 34.3. The Morgan fingerprint density at radius 1 is 1.05 bits per heavy atom. The van der Waals surface area contributed by atoms with E-state index in [0.29, 0.717) is 51.4 Å². The molecule has 1 atom stereocenters. The highest BCUT2D eigenvalue weighted by Gasteiger charge is 2.24. The van der Waals surface area contributed by atoms with Crippen LogP contribution in [-0.4, -0.2) is 47.7 Å². The summed E-state index contributed by atoms with van der Waals surface area (Å²) in [6.45, 7) is 7.58. The minimum absolute atomic E-state index is 0.106. The number of carbonyl (C=O) groups excluding carboxylic acids is 1. The first-order valence-corrected chi connectivity index (χ1v) is 13.9. The van der Waals surface area contributed by atoms with E-state index in [9.17, 15) is 9.18 Å². The minimum Gasteiger partial charge on any atom is -0.360 e. The standard InChI is InChI=1S/C32H31FN8O2/c1-6-26(43-5)41-30-23(12-20(14-36-30)19-11-22(15-34-13-19)37-31(42)32(2,3)4)28(40-41)29-38-25-17-35-16-24(27(25)39-29)18-8-7-9-21(33)10-18/h7-17,26H,6H2,1-5H3,(H,37,42)(H,38,39). The summed E-state index contributed by atoms with van der Waals surface area (Å²) in [5.74, 6) is 0.0691. The Morgan fingerprint density at radius 2 is 1.84 bits per heavy atom. The molecule has 0 radical (unpaired) electrons. The Hall–Kier alpha value is -5.03. The molecule has 5 heterocycles. The molecule has 1 aromatic carbocycles. The Balaban J connectivity index is 1.49. The van der Waals surface area contributed by atoms with Crippen LogP contribution in [0.5, 0.6) is 0 Å². The largest absolute Gasteiger partial charge is 0.360 e. The third-order valence-electron chi connectivity index (χ3n) is 7.21. The molecule has 0 saturated heterocycles. The Morgan fingerprint density at radius 3 is 2.58 bits per heavy atom. The third kappa shape index (κ3) is 5.35. The van der Waals surface area contributed by atoms with Gasteiger partial charge in [-0.25, -0.2) is 19.0 Å². The van der Waals surface area contributed by atoms with E-state index in [0.717, 1.165) is 16.5 Å². The van der Waals surface area contributed by atoms with Crippen molar-refractivity contribution in [2.75, 3.05) is 12.4 Å². The molecule has 10 nitrogen and oxygen atoms in total. The van der Waals surface area contributed by atoms with Gasteiger partial charge in [0.1, 0.15) is 11.5 Å². The number of hydrogen-bond donors (Lipinski definition) is 2. The monoisotopic (exact) mass is 578 g/mol. The number of aromatic amines is 1. The lowest BCUT2D eigenvalue weighted by molar-refractivity contribution is -0.123. The molecule has 0 fully saturated rings. The average molecular weight is 579 g/mol. The average Bonchev–Trinajstić information content (AvgIpc) is 3.59. The summed E-state index contributed by atoms with van der Waals surface area (Å²) in [5.41, 5.74) is 5.52. The van der Waals surface area contributed by atoms with Crippen LogP contribution in [0, 0.1) is 11.2 Å². The fraction of sp³-hybridized carbons (Fsp3) is 0.250. The quantitative estimate of drug-likeness (QED) is 0.214. The van der Waals surface area contributed by atoms with Gasteiger partial charge in [-0.2, -0.15) is 5.10 Å². The maximum Gasteiger partial charge on any atom is 0.229 e. The molecule has 0 aliphatic heterocycles. The van der Waals surface area contributed by atoms with Gasteiger partial charge in [-0.1, -0.05) is 39.8 Å². The normalized spacial score (nSPS) is 12.6. The predicted octanol–water partition coefficient (Wildman–Crippen LogP) is 6.78. The number of ether oxygens (including phenoxy) is 1. The molecule has 6 aromatic rings. The summed E-state index contributed by atoms with van der Waals surface area (Å²) in [6.07, 6.45) is 8.78. The van der Waals surface area contributed by atoms with Gasteiger partial charge in [0.2, 0.25) is 5.91 Å². The van der Waals surface area contributed by atoms with Crippen molar-refractivity contribution in [2.24, 2.45) is 5.41 Å².